The van der Waals surface area contributed by atoms with Crippen molar-refractivity contribution in [1.29, 1.82) is 0 Å². The van der Waals surface area contributed by atoms with Crippen LogP contribution in [0.4, 0.5) is 10.5 Å². The number of carbonyl (C=O) groups excluding carboxylic acids is 2. The summed E-state index contributed by atoms with van der Waals surface area (Å²) >= 11 is 0. The number of nitrogens with zero attached hydrogens (tertiary/aromatic N) is 2. The lowest BCUT2D eigenvalue weighted by molar-refractivity contribution is 0.0948. The van der Waals surface area contributed by atoms with Gasteiger partial charge in [0.1, 0.15) is 0 Å². The minimum absolute atomic E-state index is 0.261. The molecule has 8 heteroatoms. The first-order valence-corrected chi connectivity index (χ1v) is 6.29. The minimum atomic E-state index is -0.629. The lowest BCUT2D eigenvalue weighted by atomic mass is 10.3. The van der Waals surface area contributed by atoms with Crippen LogP contribution >= 0.6 is 0 Å². The van der Waals surface area contributed by atoms with Crippen molar-refractivity contribution in [3.05, 3.63) is 42.2 Å². The van der Waals surface area contributed by atoms with Crippen LogP contribution in [-0.2, 0) is 0 Å². The van der Waals surface area contributed by atoms with Crippen molar-refractivity contribution in [3.63, 3.8) is 0 Å². The Kier molecular flexibility index (Phi) is 4.39. The van der Waals surface area contributed by atoms with Crippen molar-refractivity contribution in [1.82, 2.24) is 20.4 Å². The number of hydrogen-bond donors (Lipinski definition) is 4. The molecule has 21 heavy (non-hydrogen) atoms. The Morgan fingerprint density at radius 1 is 1.19 bits per heavy atom. The van der Waals surface area contributed by atoms with E-state index in [-0.39, 0.29) is 24.7 Å². The number of nitrogens with two attached hydrogens (primary N) is 2. The van der Waals surface area contributed by atoms with Crippen LogP contribution in [0.3, 0.4) is 0 Å². The number of carbonyl (C=O) groups is 2. The molecule has 0 saturated heterocycles. The maximum atomic E-state index is 11.8. The molecule has 2 aromatic rings. The summed E-state index contributed by atoms with van der Waals surface area (Å²) in [4.78, 5) is 22.3. The molecule has 8 nitrogen and oxygen atoms in total. The van der Waals surface area contributed by atoms with Crippen LogP contribution in [0.15, 0.2) is 36.5 Å². The van der Waals surface area contributed by atoms with E-state index in [1.165, 1.54) is 0 Å². The Hall–Kier alpha value is -3.03. The number of amides is 3. The molecule has 1 heterocycles. The van der Waals surface area contributed by atoms with E-state index >= 15 is 0 Å². The number of rotatable bonds is 5. The van der Waals surface area contributed by atoms with Crippen LogP contribution in [-0.4, -0.2) is 34.8 Å². The Labute approximate surface area is 121 Å². The third-order valence-corrected chi connectivity index (χ3v) is 2.67. The predicted molar refractivity (Wildman–Crippen MR) is 77.9 cm³/mol. The zero-order chi connectivity index (χ0) is 15.2. The van der Waals surface area contributed by atoms with Crippen LogP contribution in [0.1, 0.15) is 10.5 Å². The molecule has 0 fully saturated rings. The van der Waals surface area contributed by atoms with Crippen molar-refractivity contribution in [3.8, 4) is 5.69 Å². The Morgan fingerprint density at radius 2 is 1.95 bits per heavy atom. The maximum Gasteiger partial charge on any atom is 0.312 e. The second kappa shape index (κ2) is 6.42. The SMILES string of the molecule is NC(=O)NCCNC(=O)c1ccn(-c2cccc(N)c2)n1. The molecule has 0 bridgehead atoms. The molecule has 0 spiro atoms. The summed E-state index contributed by atoms with van der Waals surface area (Å²) in [7, 11) is 0. The molecule has 0 aliphatic carbocycles. The summed E-state index contributed by atoms with van der Waals surface area (Å²) in [6.07, 6.45) is 1.67. The standard InChI is InChI=1S/C13H16N6O2/c14-9-2-1-3-10(8-9)19-7-4-11(18-19)12(20)16-5-6-17-13(15)21/h1-4,7-8H,5-6,14H2,(H,16,20)(H3,15,17,21). The normalized spacial score (nSPS) is 10.1. The highest BCUT2D eigenvalue weighted by Gasteiger charge is 2.09. The third-order valence-electron chi connectivity index (χ3n) is 2.67. The maximum absolute atomic E-state index is 11.8. The molecule has 0 radical (unpaired) electrons. The van der Waals surface area contributed by atoms with Gasteiger partial charge in [-0.3, -0.25) is 4.79 Å². The summed E-state index contributed by atoms with van der Waals surface area (Å²) in [6.45, 7) is 0.532. The number of aromatic nitrogens is 2. The van der Waals surface area contributed by atoms with Gasteiger partial charge in [-0.1, -0.05) is 6.07 Å². The zero-order valence-electron chi connectivity index (χ0n) is 11.2. The van der Waals surface area contributed by atoms with Crippen molar-refractivity contribution in [2.45, 2.75) is 0 Å². The lowest BCUT2D eigenvalue weighted by Gasteiger charge is -2.04. The van der Waals surface area contributed by atoms with E-state index in [1.807, 2.05) is 12.1 Å². The van der Waals surface area contributed by atoms with E-state index in [1.54, 1.807) is 29.1 Å². The second-order valence-electron chi connectivity index (χ2n) is 4.29. The fourth-order valence-electron chi connectivity index (χ4n) is 1.71. The molecule has 0 unspecified atom stereocenters. The van der Waals surface area contributed by atoms with Crippen LogP contribution in [0.2, 0.25) is 0 Å². The van der Waals surface area contributed by atoms with Gasteiger partial charge >= 0.3 is 6.03 Å². The van der Waals surface area contributed by atoms with Crippen molar-refractivity contribution in [2.75, 3.05) is 18.8 Å². The van der Waals surface area contributed by atoms with Gasteiger partial charge in [0, 0.05) is 25.0 Å². The first-order chi connectivity index (χ1) is 10.1. The van der Waals surface area contributed by atoms with Gasteiger partial charge in [0.05, 0.1) is 5.69 Å². The molecular weight excluding hydrogens is 272 g/mol. The summed E-state index contributed by atoms with van der Waals surface area (Å²) in [5.74, 6) is -0.330. The Morgan fingerprint density at radius 3 is 2.67 bits per heavy atom. The van der Waals surface area contributed by atoms with E-state index in [0.717, 1.165) is 5.69 Å². The van der Waals surface area contributed by atoms with Gasteiger partial charge in [0.2, 0.25) is 0 Å². The summed E-state index contributed by atoms with van der Waals surface area (Å²) in [6, 6.07) is 8.14. The van der Waals surface area contributed by atoms with E-state index < -0.39 is 6.03 Å². The van der Waals surface area contributed by atoms with Gasteiger partial charge in [-0.25, -0.2) is 9.48 Å². The number of urea groups is 1. The van der Waals surface area contributed by atoms with Gasteiger partial charge in [0.25, 0.3) is 5.91 Å². The Bertz CT molecular complexity index is 652. The molecule has 1 aromatic heterocycles. The lowest BCUT2D eigenvalue weighted by Crippen LogP contribution is -2.37. The number of anilines is 1. The van der Waals surface area contributed by atoms with Gasteiger partial charge in [-0.15, -0.1) is 0 Å². The van der Waals surface area contributed by atoms with Gasteiger partial charge in [-0.05, 0) is 24.3 Å². The molecule has 0 aliphatic rings. The number of nitrogen functional groups attached to an aromatic ring is 1. The van der Waals surface area contributed by atoms with Crippen molar-refractivity contribution < 1.29 is 9.59 Å². The average molecular weight is 288 g/mol. The largest absolute Gasteiger partial charge is 0.399 e. The van der Waals surface area contributed by atoms with E-state index in [2.05, 4.69) is 15.7 Å². The van der Waals surface area contributed by atoms with E-state index in [0.29, 0.717) is 5.69 Å². The molecule has 2 rings (SSSR count). The second-order valence-corrected chi connectivity index (χ2v) is 4.29. The fraction of sp³-hybridized carbons (Fsp3) is 0.154. The van der Waals surface area contributed by atoms with Crippen LogP contribution in [0.25, 0.3) is 5.69 Å². The number of nitrogens with one attached hydrogen (secondary N) is 2. The fourth-order valence-corrected chi connectivity index (χ4v) is 1.71. The minimum Gasteiger partial charge on any atom is -0.399 e. The average Bonchev–Trinajstić information content (AvgIpc) is 2.93. The first-order valence-electron chi connectivity index (χ1n) is 6.29. The highest BCUT2D eigenvalue weighted by molar-refractivity contribution is 5.92. The topological polar surface area (TPSA) is 128 Å². The Balaban J connectivity index is 1.96. The molecule has 0 atom stereocenters. The molecule has 0 aliphatic heterocycles. The predicted octanol–water partition coefficient (Wildman–Crippen LogP) is -0.147. The highest BCUT2D eigenvalue weighted by atomic mass is 16.2. The molecular formula is C13H16N6O2. The quantitative estimate of drug-likeness (QED) is 0.450. The van der Waals surface area contributed by atoms with E-state index in [9.17, 15) is 9.59 Å². The van der Waals surface area contributed by atoms with Crippen molar-refractivity contribution >= 4 is 17.6 Å². The monoisotopic (exact) mass is 288 g/mol. The zero-order valence-corrected chi connectivity index (χ0v) is 11.2. The molecule has 0 saturated carbocycles. The summed E-state index contributed by atoms with van der Waals surface area (Å²) in [5.41, 5.74) is 12.3. The first kappa shape index (κ1) is 14.4. The molecule has 1 aromatic carbocycles. The summed E-state index contributed by atoms with van der Waals surface area (Å²) < 4.78 is 1.56. The van der Waals surface area contributed by atoms with Crippen LogP contribution in [0.5, 0.6) is 0 Å². The van der Waals surface area contributed by atoms with E-state index in [4.69, 9.17) is 11.5 Å². The molecule has 6 N–H and O–H groups in total. The van der Waals surface area contributed by atoms with Crippen molar-refractivity contribution in [2.24, 2.45) is 5.73 Å². The van der Waals surface area contributed by atoms with Gasteiger partial charge in [-0.2, -0.15) is 5.10 Å². The smallest absolute Gasteiger partial charge is 0.312 e. The summed E-state index contributed by atoms with van der Waals surface area (Å²) in [5, 5.41) is 9.17. The molecule has 110 valence electrons. The number of primary amides is 1. The van der Waals surface area contributed by atoms with Gasteiger partial charge in [0.15, 0.2) is 5.69 Å². The third kappa shape index (κ3) is 3.96. The van der Waals surface area contributed by atoms with Gasteiger partial charge < -0.3 is 22.1 Å². The number of benzene rings is 1. The van der Waals surface area contributed by atoms with Crippen LogP contribution in [0, 0.1) is 0 Å². The highest BCUT2D eigenvalue weighted by Crippen LogP contribution is 2.11. The molecule has 3 amide bonds. The number of hydrogen-bond acceptors (Lipinski definition) is 4. The van der Waals surface area contributed by atoms with Crippen LogP contribution < -0.4 is 22.1 Å².